The van der Waals surface area contributed by atoms with Crippen molar-refractivity contribution in [3.8, 4) is 0 Å². The molecule has 1 aromatic carbocycles. The van der Waals surface area contributed by atoms with Crippen LogP contribution in [0.25, 0.3) is 0 Å². The number of benzene rings is 1. The van der Waals surface area contributed by atoms with E-state index in [1.54, 1.807) is 0 Å². The first-order chi connectivity index (χ1) is 6.66. The third-order valence-electron chi connectivity index (χ3n) is 2.29. The van der Waals surface area contributed by atoms with Crippen molar-refractivity contribution in [2.45, 2.75) is 20.8 Å². The van der Waals surface area contributed by atoms with Crippen LogP contribution < -0.4 is 0 Å². The Morgan fingerprint density at radius 2 is 1.71 bits per heavy atom. The molecule has 1 rings (SSSR count). The summed E-state index contributed by atoms with van der Waals surface area (Å²) in [5.74, 6) is 0. The lowest BCUT2D eigenvalue weighted by Crippen LogP contribution is -2.01. The van der Waals surface area contributed by atoms with E-state index < -0.39 is 0 Å². The second-order valence-electron chi connectivity index (χ2n) is 3.53. The summed E-state index contributed by atoms with van der Waals surface area (Å²) < 4.78 is 2.16. The van der Waals surface area contributed by atoms with Crippen LogP contribution in [0.1, 0.15) is 18.1 Å². The Morgan fingerprint density at radius 1 is 1.14 bits per heavy atom. The summed E-state index contributed by atoms with van der Waals surface area (Å²) in [4.78, 5) is 0. The largest absolute Gasteiger partial charge is 0.210 e. The molecule has 0 N–H and O–H groups in total. The SMILES string of the molecule is C/C=C/C=[N+](C)c1c(C)cccc1C. The minimum atomic E-state index is 1.30. The molecule has 74 valence electrons. The summed E-state index contributed by atoms with van der Waals surface area (Å²) in [5, 5.41) is 0. The van der Waals surface area contributed by atoms with E-state index in [0.29, 0.717) is 0 Å². The fraction of sp³-hybridized carbons (Fsp3) is 0.308. The number of allylic oxidation sites excluding steroid dienone is 2. The molecule has 0 radical (unpaired) electrons. The molecule has 1 heteroatoms. The predicted molar refractivity (Wildman–Crippen MR) is 62.6 cm³/mol. The summed E-state index contributed by atoms with van der Waals surface area (Å²) >= 11 is 0. The van der Waals surface area contributed by atoms with Crippen molar-refractivity contribution in [3.05, 3.63) is 41.5 Å². The summed E-state index contributed by atoms with van der Waals surface area (Å²) in [5.41, 5.74) is 3.92. The van der Waals surface area contributed by atoms with Crippen molar-refractivity contribution in [2.24, 2.45) is 0 Å². The lowest BCUT2D eigenvalue weighted by atomic mass is 10.1. The molecule has 0 aliphatic carbocycles. The van der Waals surface area contributed by atoms with Gasteiger partial charge in [0, 0.05) is 11.1 Å². The van der Waals surface area contributed by atoms with Crippen LogP contribution in [0.5, 0.6) is 0 Å². The maximum Gasteiger partial charge on any atom is 0.210 e. The number of nitrogens with zero attached hydrogens (tertiary/aromatic N) is 1. The Morgan fingerprint density at radius 3 is 2.21 bits per heavy atom. The van der Waals surface area contributed by atoms with E-state index in [-0.39, 0.29) is 0 Å². The van der Waals surface area contributed by atoms with E-state index >= 15 is 0 Å². The molecular weight excluding hydrogens is 170 g/mol. The van der Waals surface area contributed by atoms with Gasteiger partial charge in [-0.1, -0.05) is 24.3 Å². The van der Waals surface area contributed by atoms with Crippen LogP contribution in [0.2, 0.25) is 0 Å². The Bertz CT molecular complexity index is 353. The van der Waals surface area contributed by atoms with Crippen LogP contribution in [-0.4, -0.2) is 17.8 Å². The van der Waals surface area contributed by atoms with Gasteiger partial charge in [-0.05, 0) is 26.8 Å². The maximum atomic E-state index is 2.16. The molecule has 0 saturated heterocycles. The first-order valence-electron chi connectivity index (χ1n) is 4.92. The quantitative estimate of drug-likeness (QED) is 0.495. The van der Waals surface area contributed by atoms with Crippen molar-refractivity contribution < 1.29 is 4.58 Å². The van der Waals surface area contributed by atoms with Crippen LogP contribution in [0.15, 0.2) is 30.4 Å². The maximum absolute atomic E-state index is 2.16. The molecule has 0 amide bonds. The van der Waals surface area contributed by atoms with Crippen molar-refractivity contribution >= 4 is 11.9 Å². The minimum Gasteiger partial charge on any atom is -0.201 e. The monoisotopic (exact) mass is 188 g/mol. The molecule has 0 heterocycles. The zero-order chi connectivity index (χ0) is 10.6. The lowest BCUT2D eigenvalue weighted by molar-refractivity contribution is -0.399. The molecule has 0 aliphatic heterocycles. The molecule has 0 bridgehead atoms. The fourth-order valence-electron chi connectivity index (χ4n) is 1.65. The Kier molecular flexibility index (Phi) is 3.63. The van der Waals surface area contributed by atoms with Crippen LogP contribution in [-0.2, 0) is 0 Å². The molecule has 0 saturated carbocycles. The number of hydrogen-bond donors (Lipinski definition) is 0. The highest BCUT2D eigenvalue weighted by molar-refractivity contribution is 5.68. The highest BCUT2D eigenvalue weighted by atomic mass is 15.0. The molecule has 1 nitrogen and oxygen atoms in total. The van der Waals surface area contributed by atoms with Gasteiger partial charge in [-0.2, -0.15) is 0 Å². The van der Waals surface area contributed by atoms with Crippen molar-refractivity contribution in [1.82, 2.24) is 0 Å². The van der Waals surface area contributed by atoms with Crippen LogP contribution in [0.4, 0.5) is 5.69 Å². The van der Waals surface area contributed by atoms with E-state index in [1.807, 2.05) is 19.1 Å². The van der Waals surface area contributed by atoms with E-state index in [2.05, 4.69) is 49.9 Å². The zero-order valence-electron chi connectivity index (χ0n) is 9.41. The lowest BCUT2D eigenvalue weighted by Gasteiger charge is -2.03. The fourth-order valence-corrected chi connectivity index (χ4v) is 1.65. The van der Waals surface area contributed by atoms with Gasteiger partial charge >= 0.3 is 0 Å². The average Bonchev–Trinajstić information content (AvgIpc) is 2.14. The minimum absolute atomic E-state index is 1.30. The first-order valence-corrected chi connectivity index (χ1v) is 4.92. The molecule has 0 unspecified atom stereocenters. The smallest absolute Gasteiger partial charge is 0.201 e. The molecule has 0 fully saturated rings. The highest BCUT2D eigenvalue weighted by Gasteiger charge is 2.09. The van der Waals surface area contributed by atoms with Crippen molar-refractivity contribution in [1.29, 1.82) is 0 Å². The van der Waals surface area contributed by atoms with Crippen molar-refractivity contribution in [2.75, 3.05) is 7.05 Å². The zero-order valence-corrected chi connectivity index (χ0v) is 9.41. The summed E-state index contributed by atoms with van der Waals surface area (Å²) in [6.45, 7) is 6.31. The van der Waals surface area contributed by atoms with E-state index in [9.17, 15) is 0 Å². The third kappa shape index (κ3) is 2.32. The normalized spacial score (nSPS) is 12.4. The molecule has 14 heavy (non-hydrogen) atoms. The second kappa shape index (κ2) is 4.75. The van der Waals surface area contributed by atoms with Gasteiger partial charge in [0.05, 0.1) is 0 Å². The first kappa shape index (κ1) is 10.7. The number of rotatable bonds is 2. The van der Waals surface area contributed by atoms with E-state index in [0.717, 1.165) is 0 Å². The van der Waals surface area contributed by atoms with Gasteiger partial charge in [0.25, 0.3) is 0 Å². The summed E-state index contributed by atoms with van der Waals surface area (Å²) in [6.07, 6.45) is 6.16. The summed E-state index contributed by atoms with van der Waals surface area (Å²) in [6, 6.07) is 6.38. The Labute approximate surface area is 86.4 Å². The molecule has 1 aromatic rings. The summed E-state index contributed by atoms with van der Waals surface area (Å²) in [7, 11) is 2.08. The number of para-hydroxylation sites is 1. The van der Waals surface area contributed by atoms with Gasteiger partial charge in [-0.3, -0.25) is 0 Å². The van der Waals surface area contributed by atoms with Crippen molar-refractivity contribution in [3.63, 3.8) is 0 Å². The van der Waals surface area contributed by atoms with Gasteiger partial charge in [0.15, 0.2) is 6.21 Å². The second-order valence-corrected chi connectivity index (χ2v) is 3.53. The van der Waals surface area contributed by atoms with Gasteiger partial charge in [0.2, 0.25) is 5.69 Å². The van der Waals surface area contributed by atoms with Gasteiger partial charge in [-0.15, -0.1) is 0 Å². The molecule has 0 spiro atoms. The molecular formula is C13H18N+. The standard InChI is InChI=1S/C13H18N/c1-5-6-10-14(4)13-11(2)8-7-9-12(13)3/h5-10H,1-4H3/q+1/b6-5+,14-10?. The van der Waals surface area contributed by atoms with Gasteiger partial charge in [-0.25, -0.2) is 4.58 Å². The molecule has 0 aliphatic rings. The van der Waals surface area contributed by atoms with E-state index in [4.69, 9.17) is 0 Å². The van der Waals surface area contributed by atoms with Crippen LogP contribution in [0, 0.1) is 13.8 Å². The third-order valence-corrected chi connectivity index (χ3v) is 2.29. The molecule has 0 atom stereocenters. The Hall–Kier alpha value is -1.37. The van der Waals surface area contributed by atoms with Crippen LogP contribution >= 0.6 is 0 Å². The highest BCUT2D eigenvalue weighted by Crippen LogP contribution is 2.21. The Balaban J connectivity index is 3.18. The average molecular weight is 188 g/mol. The van der Waals surface area contributed by atoms with Gasteiger partial charge in [0.1, 0.15) is 7.05 Å². The molecule has 0 aromatic heterocycles. The van der Waals surface area contributed by atoms with E-state index in [1.165, 1.54) is 16.8 Å². The number of hydrogen-bond acceptors (Lipinski definition) is 0. The topological polar surface area (TPSA) is 3.01 Å². The van der Waals surface area contributed by atoms with Gasteiger partial charge < -0.3 is 0 Å². The van der Waals surface area contributed by atoms with Crippen LogP contribution in [0.3, 0.4) is 0 Å². The number of aryl methyl sites for hydroxylation is 2. The predicted octanol–water partition coefficient (Wildman–Crippen LogP) is 3.22.